The van der Waals surface area contributed by atoms with Gasteiger partial charge in [-0.15, -0.1) is 0 Å². The highest BCUT2D eigenvalue weighted by atomic mass is 28.3. The average Bonchev–Trinajstić information content (AvgIpc) is 4.26. The first-order chi connectivity index (χ1) is 37.7. The largest absolute Gasteiger partial charge is 0.309 e. The molecule has 0 N–H and O–H groups in total. The lowest BCUT2D eigenvalue weighted by Gasteiger charge is -2.34. The van der Waals surface area contributed by atoms with Crippen LogP contribution < -0.4 is 20.7 Å². The molecule has 356 valence electrons. The van der Waals surface area contributed by atoms with E-state index in [0.717, 1.165) is 11.4 Å². The molecule has 0 saturated carbocycles. The van der Waals surface area contributed by atoms with Crippen molar-refractivity contribution in [2.75, 3.05) is 0 Å². The van der Waals surface area contributed by atoms with Gasteiger partial charge in [0, 0.05) is 27.2 Å². The molecule has 0 spiro atoms. The van der Waals surface area contributed by atoms with Crippen LogP contribution in [0, 0.1) is 0 Å². The minimum absolute atomic E-state index is 0.472. The van der Waals surface area contributed by atoms with E-state index in [4.69, 9.17) is 0 Å². The number of hydrogen-bond donors (Lipinski definition) is 0. The molecular weight excluding hydrogens is 933 g/mol. The second-order valence-corrected chi connectivity index (χ2v) is 24.1. The molecule has 12 aromatic carbocycles. The van der Waals surface area contributed by atoms with Crippen LogP contribution in [0.4, 0.5) is 0 Å². The van der Waals surface area contributed by atoms with Crippen molar-refractivity contribution < 1.29 is 0 Å². The van der Waals surface area contributed by atoms with Crippen LogP contribution in [0.1, 0.15) is 22.3 Å². The van der Waals surface area contributed by atoms with Gasteiger partial charge in [-0.05, 0) is 120 Å². The molecule has 0 bridgehead atoms. The first kappa shape index (κ1) is 44.0. The summed E-state index contributed by atoms with van der Waals surface area (Å²) >= 11 is 0. The van der Waals surface area contributed by atoms with Gasteiger partial charge < -0.3 is 9.13 Å². The molecule has 15 rings (SSSR count). The molecule has 14 aromatic rings. The Morgan fingerprint density at radius 3 is 1.41 bits per heavy atom. The fourth-order valence-corrected chi connectivity index (χ4v) is 18.2. The Balaban J connectivity index is 0.920. The van der Waals surface area contributed by atoms with E-state index < -0.39 is 13.5 Å². The zero-order chi connectivity index (χ0) is 50.2. The van der Waals surface area contributed by atoms with Gasteiger partial charge >= 0.3 is 0 Å². The highest BCUT2D eigenvalue weighted by Crippen LogP contribution is 2.57. The van der Waals surface area contributed by atoms with E-state index >= 15 is 0 Å². The van der Waals surface area contributed by atoms with Crippen LogP contribution in [-0.4, -0.2) is 17.2 Å². The van der Waals surface area contributed by atoms with Crippen molar-refractivity contribution in [3.63, 3.8) is 0 Å². The smallest absolute Gasteiger partial charge is 0.179 e. The van der Waals surface area contributed by atoms with Crippen molar-refractivity contribution >= 4 is 72.4 Å². The molecule has 0 radical (unpaired) electrons. The maximum atomic E-state index is 2.51. The van der Waals surface area contributed by atoms with E-state index in [1.54, 1.807) is 0 Å². The monoisotopic (exact) mass is 982 g/mol. The van der Waals surface area contributed by atoms with Gasteiger partial charge in [-0.1, -0.05) is 249 Å². The van der Waals surface area contributed by atoms with Gasteiger partial charge in [0.1, 0.15) is 0 Å². The predicted molar refractivity (Wildman–Crippen MR) is 321 cm³/mol. The number of benzene rings is 12. The summed E-state index contributed by atoms with van der Waals surface area (Å²) in [6, 6.07) is 113. The predicted octanol–water partition coefficient (Wildman–Crippen LogP) is 15.3. The molecule has 2 aromatic heterocycles. The minimum Gasteiger partial charge on any atom is -0.309 e. The van der Waals surface area contributed by atoms with E-state index in [2.05, 4.69) is 312 Å². The Bertz CT molecular complexity index is 4360. The van der Waals surface area contributed by atoms with E-state index in [0.29, 0.717) is 0 Å². The Morgan fingerprint density at radius 2 is 0.750 bits per heavy atom. The number of hydrogen-bond acceptors (Lipinski definition) is 0. The van der Waals surface area contributed by atoms with Crippen molar-refractivity contribution in [3.8, 4) is 33.6 Å². The summed E-state index contributed by atoms with van der Waals surface area (Å²) in [6.07, 6.45) is 0. The lowest BCUT2D eigenvalue weighted by atomic mass is 9.67. The topological polar surface area (TPSA) is 9.86 Å². The molecule has 0 aliphatic heterocycles. The molecule has 1 aliphatic rings. The molecule has 0 saturated heterocycles. The zero-order valence-corrected chi connectivity index (χ0v) is 42.8. The fourth-order valence-electron chi connectivity index (χ4n) is 13.4. The van der Waals surface area contributed by atoms with Crippen LogP contribution in [0.2, 0.25) is 0 Å². The molecule has 2 heterocycles. The maximum Gasteiger partial charge on any atom is 0.179 e. The van der Waals surface area contributed by atoms with Crippen LogP contribution in [0.3, 0.4) is 0 Å². The third-order valence-electron chi connectivity index (χ3n) is 16.5. The summed E-state index contributed by atoms with van der Waals surface area (Å²) in [5.41, 5.74) is 16.7. The number of para-hydroxylation sites is 2. The molecule has 76 heavy (non-hydrogen) atoms. The SMILES string of the molecule is c1ccc(C2(c3ccccc3)c3ccccc3-c3ccc(-c4ccc5c(c4)c4ccccc4n5-c4cccc5c4c4ccccc4n5-c4cccc([Si](c5ccccc5)(c5ccccc5)c5ccccc5)c4)cc32)cc1. The summed E-state index contributed by atoms with van der Waals surface area (Å²) < 4.78 is 5.01. The standard InChI is InChI=1S/C73H50N2Si/c1-6-24-53(25-7-1)73(54-26-8-2-9-27-54)65-39-19-16-36-60(65)61-46-44-52(49-66(61)73)51-45-47-69-64(48-51)62-37-17-20-40-67(62)75(69)71-43-23-42-70-72(71)63-38-18-21-41-68(63)74(70)55-28-22-35-59(50-55)76(56-29-10-3-11-30-56,57-31-12-4-13-32-57)58-33-14-5-15-34-58/h1-50H. The van der Waals surface area contributed by atoms with Crippen molar-refractivity contribution in [2.24, 2.45) is 0 Å². The van der Waals surface area contributed by atoms with Gasteiger partial charge in [-0.3, -0.25) is 0 Å². The average molecular weight is 983 g/mol. The van der Waals surface area contributed by atoms with Crippen molar-refractivity contribution in [1.82, 2.24) is 9.13 Å². The molecule has 0 atom stereocenters. The summed E-state index contributed by atoms with van der Waals surface area (Å²) in [7, 11) is -2.80. The first-order valence-corrected chi connectivity index (χ1v) is 28.4. The summed E-state index contributed by atoms with van der Waals surface area (Å²) in [5.74, 6) is 0. The number of rotatable bonds is 9. The first-order valence-electron chi connectivity index (χ1n) is 26.4. The van der Waals surface area contributed by atoms with Crippen molar-refractivity contribution in [2.45, 2.75) is 5.41 Å². The molecule has 0 fully saturated rings. The summed E-state index contributed by atoms with van der Waals surface area (Å²) in [5, 5.41) is 10.3. The maximum absolute atomic E-state index is 2.80. The van der Waals surface area contributed by atoms with E-state index in [-0.39, 0.29) is 0 Å². The minimum atomic E-state index is -2.80. The van der Waals surface area contributed by atoms with Gasteiger partial charge in [0.15, 0.2) is 8.07 Å². The van der Waals surface area contributed by atoms with E-state index in [1.807, 2.05) is 0 Å². The van der Waals surface area contributed by atoms with Crippen LogP contribution in [0.15, 0.2) is 303 Å². The van der Waals surface area contributed by atoms with E-state index in [9.17, 15) is 0 Å². The molecule has 0 amide bonds. The number of nitrogens with zero attached hydrogens (tertiary/aromatic N) is 2. The Kier molecular flexibility index (Phi) is 10.2. The Morgan fingerprint density at radius 1 is 0.276 bits per heavy atom. The van der Waals surface area contributed by atoms with Crippen LogP contribution in [0.25, 0.3) is 77.2 Å². The molecule has 1 aliphatic carbocycles. The van der Waals surface area contributed by atoms with Crippen LogP contribution in [0.5, 0.6) is 0 Å². The van der Waals surface area contributed by atoms with Gasteiger partial charge in [-0.25, -0.2) is 0 Å². The number of fused-ring (bicyclic) bond motifs is 9. The zero-order valence-electron chi connectivity index (χ0n) is 41.8. The van der Waals surface area contributed by atoms with Gasteiger partial charge in [0.2, 0.25) is 0 Å². The van der Waals surface area contributed by atoms with E-state index in [1.165, 1.54) is 109 Å². The number of aromatic nitrogens is 2. The molecule has 0 unspecified atom stereocenters. The highest BCUT2D eigenvalue weighted by Gasteiger charge is 2.46. The third-order valence-corrected chi connectivity index (χ3v) is 21.3. The second kappa shape index (κ2) is 17.6. The molecular formula is C73H50N2Si. The fraction of sp³-hybridized carbons (Fsp3) is 0.0137. The van der Waals surface area contributed by atoms with Crippen LogP contribution in [-0.2, 0) is 5.41 Å². The highest BCUT2D eigenvalue weighted by molar-refractivity contribution is 7.19. The summed E-state index contributed by atoms with van der Waals surface area (Å²) in [4.78, 5) is 0. The van der Waals surface area contributed by atoms with Crippen molar-refractivity contribution in [3.05, 3.63) is 326 Å². The molecule has 2 nitrogen and oxygen atoms in total. The van der Waals surface area contributed by atoms with Gasteiger partial charge in [-0.2, -0.15) is 0 Å². The quantitative estimate of drug-likeness (QED) is 0.101. The second-order valence-electron chi connectivity index (χ2n) is 20.3. The van der Waals surface area contributed by atoms with Crippen LogP contribution >= 0.6 is 0 Å². The summed E-state index contributed by atoms with van der Waals surface area (Å²) in [6.45, 7) is 0. The molecule has 3 heteroatoms. The Labute approximate surface area is 443 Å². The van der Waals surface area contributed by atoms with Crippen molar-refractivity contribution in [1.29, 1.82) is 0 Å². The lowest BCUT2D eigenvalue weighted by Crippen LogP contribution is -2.74. The van der Waals surface area contributed by atoms with Gasteiger partial charge in [0.05, 0.1) is 33.2 Å². The third kappa shape index (κ3) is 6.40. The lowest BCUT2D eigenvalue weighted by molar-refractivity contribution is 0.769. The van der Waals surface area contributed by atoms with Gasteiger partial charge in [0.25, 0.3) is 0 Å². The normalized spacial score (nSPS) is 12.8. The Hall–Kier alpha value is -9.54.